The molecule has 2 heterocycles. The lowest BCUT2D eigenvalue weighted by Gasteiger charge is -2.17. The predicted octanol–water partition coefficient (Wildman–Crippen LogP) is 5.66. The van der Waals surface area contributed by atoms with E-state index in [9.17, 15) is 9.90 Å². The topological polar surface area (TPSA) is 108 Å². The molecule has 5 aromatic rings. The summed E-state index contributed by atoms with van der Waals surface area (Å²) < 4.78 is 9.08. The van der Waals surface area contributed by atoms with E-state index < -0.39 is 11.6 Å². The lowest BCUT2D eigenvalue weighted by atomic mass is 9.98. The van der Waals surface area contributed by atoms with Crippen LogP contribution in [0.4, 0.5) is 0 Å². The van der Waals surface area contributed by atoms with Gasteiger partial charge in [0.25, 0.3) is 0 Å². The number of esters is 1. The first kappa shape index (κ1) is 28.9. The highest BCUT2D eigenvalue weighted by Crippen LogP contribution is 2.32. The Hall–Kier alpha value is -4.63. The molecule has 42 heavy (non-hydrogen) atoms. The van der Waals surface area contributed by atoms with E-state index in [1.54, 1.807) is 20.8 Å². The number of tetrazole rings is 1. The molecule has 1 N–H and O–H groups in total. The van der Waals surface area contributed by atoms with Crippen LogP contribution in [0.2, 0.25) is 0 Å². The van der Waals surface area contributed by atoms with Crippen molar-refractivity contribution in [3.8, 4) is 22.5 Å². The maximum absolute atomic E-state index is 13.1. The summed E-state index contributed by atoms with van der Waals surface area (Å²) in [6, 6.07) is 26.4. The van der Waals surface area contributed by atoms with Gasteiger partial charge in [0.1, 0.15) is 17.1 Å². The van der Waals surface area contributed by atoms with E-state index in [4.69, 9.17) is 9.72 Å². The van der Waals surface area contributed by atoms with E-state index in [1.807, 2.05) is 57.8 Å². The standard InChI is InChI=1S/C33H36N6O3/c1-5-12-28-34-30(33(3,4)41)29(32(40)42-6-2)38(28)21-24-17-19-25(20-18-24)26-15-10-11-16-27(26)31-35-36-37-39(31)22-23-13-8-7-9-14-23/h7-11,13-20,41H,5-6,12,21-22H2,1-4H3. The lowest BCUT2D eigenvalue weighted by molar-refractivity contribution is 0.0469. The number of benzene rings is 3. The maximum Gasteiger partial charge on any atom is 0.357 e. The van der Waals surface area contributed by atoms with Crippen molar-refractivity contribution in [3.05, 3.63) is 107 Å². The number of aliphatic hydroxyl groups is 1. The molecule has 9 heteroatoms. The SMILES string of the molecule is CCCc1nc(C(C)(C)O)c(C(=O)OCC)n1Cc1ccc(-c2ccccc2-c2nnnn2Cc2ccccc2)cc1. The molecule has 0 saturated heterocycles. The van der Waals surface area contributed by atoms with Crippen LogP contribution < -0.4 is 0 Å². The molecule has 0 aliphatic carbocycles. The Morgan fingerprint density at radius 3 is 2.21 bits per heavy atom. The number of hydrogen-bond donors (Lipinski definition) is 1. The number of carbonyl (C=O) groups is 1. The van der Waals surface area contributed by atoms with Crippen LogP contribution in [0.15, 0.2) is 78.9 Å². The van der Waals surface area contributed by atoms with Gasteiger partial charge in [-0.05, 0) is 59.9 Å². The molecule has 0 aliphatic rings. The predicted molar refractivity (Wildman–Crippen MR) is 161 cm³/mol. The minimum absolute atomic E-state index is 0.237. The molecule has 5 rings (SSSR count). The Morgan fingerprint density at radius 1 is 0.881 bits per heavy atom. The highest BCUT2D eigenvalue weighted by molar-refractivity contribution is 5.89. The molecule has 0 radical (unpaired) electrons. The summed E-state index contributed by atoms with van der Waals surface area (Å²) in [7, 11) is 0. The van der Waals surface area contributed by atoms with E-state index in [-0.39, 0.29) is 6.61 Å². The van der Waals surface area contributed by atoms with Gasteiger partial charge in [0.05, 0.1) is 13.2 Å². The minimum Gasteiger partial charge on any atom is -0.461 e. The number of rotatable bonds is 11. The van der Waals surface area contributed by atoms with Gasteiger partial charge in [-0.3, -0.25) is 0 Å². The van der Waals surface area contributed by atoms with Crippen LogP contribution in [-0.2, 0) is 29.8 Å². The van der Waals surface area contributed by atoms with E-state index in [1.165, 1.54) is 0 Å². The van der Waals surface area contributed by atoms with E-state index in [2.05, 4.69) is 52.8 Å². The lowest BCUT2D eigenvalue weighted by Crippen LogP contribution is -2.23. The van der Waals surface area contributed by atoms with E-state index in [0.717, 1.165) is 40.1 Å². The summed E-state index contributed by atoms with van der Waals surface area (Å²) in [4.78, 5) is 17.8. The van der Waals surface area contributed by atoms with Crippen LogP contribution >= 0.6 is 0 Å². The van der Waals surface area contributed by atoms with Crippen molar-refractivity contribution in [2.75, 3.05) is 6.61 Å². The monoisotopic (exact) mass is 564 g/mol. The van der Waals surface area contributed by atoms with Gasteiger partial charge < -0.3 is 14.4 Å². The normalized spacial score (nSPS) is 11.5. The Kier molecular flexibility index (Phi) is 8.59. The second kappa shape index (κ2) is 12.5. The van der Waals surface area contributed by atoms with Crippen LogP contribution in [0.25, 0.3) is 22.5 Å². The van der Waals surface area contributed by atoms with Gasteiger partial charge in [0.15, 0.2) is 11.5 Å². The number of carbonyl (C=O) groups excluding carboxylic acids is 1. The van der Waals surface area contributed by atoms with Gasteiger partial charge in [0.2, 0.25) is 0 Å². The second-order valence-corrected chi connectivity index (χ2v) is 10.7. The van der Waals surface area contributed by atoms with Crippen molar-refractivity contribution in [2.45, 2.75) is 59.2 Å². The smallest absolute Gasteiger partial charge is 0.357 e. The largest absolute Gasteiger partial charge is 0.461 e. The summed E-state index contributed by atoms with van der Waals surface area (Å²) >= 11 is 0. The number of ether oxygens (including phenoxy) is 1. The third-order valence-electron chi connectivity index (χ3n) is 7.05. The van der Waals surface area contributed by atoms with Gasteiger partial charge in [-0.2, -0.15) is 0 Å². The Balaban J connectivity index is 1.48. The third-order valence-corrected chi connectivity index (χ3v) is 7.05. The zero-order valence-electron chi connectivity index (χ0n) is 24.5. The van der Waals surface area contributed by atoms with E-state index >= 15 is 0 Å². The first-order valence-electron chi connectivity index (χ1n) is 14.3. The summed E-state index contributed by atoms with van der Waals surface area (Å²) in [5.74, 6) is 0.958. The van der Waals surface area contributed by atoms with Crippen molar-refractivity contribution in [2.24, 2.45) is 0 Å². The zero-order chi connectivity index (χ0) is 29.7. The summed E-state index contributed by atoms with van der Waals surface area (Å²) in [5.41, 5.74) is 4.42. The van der Waals surface area contributed by atoms with Gasteiger partial charge in [0, 0.05) is 18.5 Å². The van der Waals surface area contributed by atoms with Crippen LogP contribution in [0.1, 0.15) is 67.2 Å². The van der Waals surface area contributed by atoms with Crippen LogP contribution in [-0.4, -0.2) is 47.4 Å². The fraction of sp³-hybridized carbons (Fsp3) is 0.303. The summed E-state index contributed by atoms with van der Waals surface area (Å²) in [6.07, 6.45) is 1.52. The average Bonchev–Trinajstić information content (AvgIpc) is 3.59. The number of nitrogens with zero attached hydrogens (tertiary/aromatic N) is 6. The number of imidazole rings is 1. The molecule has 0 saturated carbocycles. The molecule has 9 nitrogen and oxygen atoms in total. The number of hydrogen-bond acceptors (Lipinski definition) is 7. The Morgan fingerprint density at radius 2 is 1.55 bits per heavy atom. The van der Waals surface area contributed by atoms with Crippen molar-refractivity contribution in [3.63, 3.8) is 0 Å². The van der Waals surface area contributed by atoms with Crippen LogP contribution in [0.5, 0.6) is 0 Å². The highest BCUT2D eigenvalue weighted by atomic mass is 16.5. The first-order chi connectivity index (χ1) is 20.3. The minimum atomic E-state index is -1.29. The molecule has 0 unspecified atom stereocenters. The highest BCUT2D eigenvalue weighted by Gasteiger charge is 2.32. The van der Waals surface area contributed by atoms with Crippen molar-refractivity contribution in [1.29, 1.82) is 0 Å². The Bertz CT molecular complexity index is 1650. The van der Waals surface area contributed by atoms with Crippen molar-refractivity contribution in [1.82, 2.24) is 29.8 Å². The molecular formula is C33H36N6O3. The third kappa shape index (κ3) is 6.16. The molecule has 2 aromatic heterocycles. The summed E-state index contributed by atoms with van der Waals surface area (Å²) in [6.45, 7) is 8.34. The van der Waals surface area contributed by atoms with Crippen LogP contribution in [0.3, 0.4) is 0 Å². The quantitative estimate of drug-likeness (QED) is 0.206. The maximum atomic E-state index is 13.1. The van der Waals surface area contributed by atoms with Gasteiger partial charge in [-0.25, -0.2) is 14.5 Å². The fourth-order valence-corrected chi connectivity index (χ4v) is 5.08. The zero-order valence-corrected chi connectivity index (χ0v) is 24.5. The summed E-state index contributed by atoms with van der Waals surface area (Å²) in [5, 5.41) is 23.4. The molecule has 0 bridgehead atoms. The molecule has 0 amide bonds. The molecule has 3 aromatic carbocycles. The molecule has 0 spiro atoms. The molecule has 0 fully saturated rings. The van der Waals surface area contributed by atoms with E-state index in [0.29, 0.717) is 36.7 Å². The van der Waals surface area contributed by atoms with Gasteiger partial charge in [-0.15, -0.1) is 5.10 Å². The van der Waals surface area contributed by atoms with Gasteiger partial charge >= 0.3 is 5.97 Å². The first-order valence-corrected chi connectivity index (χ1v) is 14.3. The second-order valence-electron chi connectivity index (χ2n) is 10.7. The van der Waals surface area contributed by atoms with Crippen molar-refractivity contribution >= 4 is 5.97 Å². The number of aromatic nitrogens is 6. The van der Waals surface area contributed by atoms with Crippen LogP contribution in [0, 0.1) is 0 Å². The molecule has 0 aliphatic heterocycles. The molecule has 0 atom stereocenters. The molecule has 216 valence electrons. The number of aryl methyl sites for hydroxylation is 1. The fourth-order valence-electron chi connectivity index (χ4n) is 5.08. The van der Waals surface area contributed by atoms with Gasteiger partial charge in [-0.1, -0.05) is 85.8 Å². The molecular weight excluding hydrogens is 528 g/mol. The average molecular weight is 565 g/mol. The Labute approximate surface area is 245 Å². The van der Waals surface area contributed by atoms with Crippen molar-refractivity contribution < 1.29 is 14.6 Å².